The first-order chi connectivity index (χ1) is 13.9. The SMILES string of the molecule is COc1ccc(C23C[C@H]4C[C@@H](CC(C(=O)NCCCOCC(C)C)(C4)C2)C3)cc1. The maximum atomic E-state index is 13.3. The molecule has 0 saturated heterocycles. The van der Waals surface area contributed by atoms with Crippen molar-refractivity contribution in [3.05, 3.63) is 29.8 Å². The third-order valence-corrected chi connectivity index (χ3v) is 7.45. The minimum absolute atomic E-state index is 0.164. The van der Waals surface area contributed by atoms with E-state index in [1.165, 1.54) is 24.8 Å². The molecule has 2 atom stereocenters. The van der Waals surface area contributed by atoms with Crippen molar-refractivity contribution in [2.75, 3.05) is 26.9 Å². The molecule has 4 saturated carbocycles. The van der Waals surface area contributed by atoms with Crippen LogP contribution in [0.2, 0.25) is 0 Å². The molecule has 0 radical (unpaired) electrons. The second-order valence-electron chi connectivity index (χ2n) is 10.3. The molecule has 1 N–H and O–H groups in total. The lowest BCUT2D eigenvalue weighted by Gasteiger charge is -2.61. The van der Waals surface area contributed by atoms with Crippen molar-refractivity contribution >= 4 is 5.91 Å². The molecule has 0 aliphatic heterocycles. The molecular weight excluding hydrogens is 362 g/mol. The monoisotopic (exact) mass is 399 g/mol. The van der Waals surface area contributed by atoms with Gasteiger partial charge >= 0.3 is 0 Å². The van der Waals surface area contributed by atoms with Gasteiger partial charge in [0, 0.05) is 19.8 Å². The lowest BCUT2D eigenvalue weighted by atomic mass is 9.42. The largest absolute Gasteiger partial charge is 0.497 e. The molecular formula is C25H37NO3. The Kier molecular flexibility index (Phi) is 5.92. The molecule has 4 heteroatoms. The van der Waals surface area contributed by atoms with Crippen LogP contribution in [-0.2, 0) is 14.9 Å². The highest BCUT2D eigenvalue weighted by Gasteiger charge is 2.60. The van der Waals surface area contributed by atoms with Gasteiger partial charge < -0.3 is 14.8 Å². The number of carbonyl (C=O) groups excluding carboxylic acids is 1. The van der Waals surface area contributed by atoms with Gasteiger partial charge in [-0.25, -0.2) is 0 Å². The van der Waals surface area contributed by atoms with Crippen molar-refractivity contribution in [3.8, 4) is 5.75 Å². The average molecular weight is 400 g/mol. The first-order valence-corrected chi connectivity index (χ1v) is 11.5. The first-order valence-electron chi connectivity index (χ1n) is 11.5. The van der Waals surface area contributed by atoms with E-state index in [9.17, 15) is 4.79 Å². The summed E-state index contributed by atoms with van der Waals surface area (Å²) < 4.78 is 11.0. The molecule has 0 unspecified atom stereocenters. The Hall–Kier alpha value is -1.55. The number of benzene rings is 1. The summed E-state index contributed by atoms with van der Waals surface area (Å²) in [5, 5.41) is 3.28. The van der Waals surface area contributed by atoms with E-state index in [0.29, 0.717) is 23.7 Å². The molecule has 4 bridgehead atoms. The Morgan fingerprint density at radius 2 is 1.83 bits per heavy atom. The molecule has 29 heavy (non-hydrogen) atoms. The Morgan fingerprint density at radius 1 is 1.14 bits per heavy atom. The molecule has 0 aromatic heterocycles. The zero-order chi connectivity index (χ0) is 20.5. The fourth-order valence-electron chi connectivity index (χ4n) is 6.69. The van der Waals surface area contributed by atoms with Crippen LogP contribution in [0.1, 0.15) is 64.4 Å². The molecule has 0 spiro atoms. The summed E-state index contributed by atoms with van der Waals surface area (Å²) in [6, 6.07) is 8.64. The van der Waals surface area contributed by atoms with Crippen molar-refractivity contribution in [2.45, 2.75) is 64.2 Å². The van der Waals surface area contributed by atoms with Gasteiger partial charge in [-0.05, 0) is 85.8 Å². The van der Waals surface area contributed by atoms with Crippen LogP contribution < -0.4 is 10.1 Å². The van der Waals surface area contributed by atoms with Crippen LogP contribution in [0, 0.1) is 23.2 Å². The van der Waals surface area contributed by atoms with Gasteiger partial charge in [-0.1, -0.05) is 26.0 Å². The third kappa shape index (κ3) is 4.19. The smallest absolute Gasteiger partial charge is 0.226 e. The van der Waals surface area contributed by atoms with E-state index >= 15 is 0 Å². The molecule has 5 rings (SSSR count). The first kappa shape index (κ1) is 20.7. The Morgan fingerprint density at radius 3 is 2.45 bits per heavy atom. The predicted octanol–water partition coefficient (Wildman–Crippen LogP) is 4.71. The van der Waals surface area contributed by atoms with Gasteiger partial charge in [-0.2, -0.15) is 0 Å². The molecule has 0 heterocycles. The normalized spacial score (nSPS) is 32.6. The highest BCUT2D eigenvalue weighted by molar-refractivity contribution is 5.83. The summed E-state index contributed by atoms with van der Waals surface area (Å²) >= 11 is 0. The van der Waals surface area contributed by atoms with Crippen molar-refractivity contribution < 1.29 is 14.3 Å². The number of carbonyl (C=O) groups is 1. The zero-order valence-corrected chi connectivity index (χ0v) is 18.3. The number of hydrogen-bond donors (Lipinski definition) is 1. The molecule has 160 valence electrons. The van der Waals surface area contributed by atoms with Crippen molar-refractivity contribution in [3.63, 3.8) is 0 Å². The van der Waals surface area contributed by atoms with Crippen molar-refractivity contribution in [1.29, 1.82) is 0 Å². The van der Waals surface area contributed by atoms with Gasteiger partial charge in [0.15, 0.2) is 0 Å². The number of nitrogens with one attached hydrogen (secondary N) is 1. The Bertz CT molecular complexity index is 697. The minimum Gasteiger partial charge on any atom is -0.497 e. The van der Waals surface area contributed by atoms with Crippen LogP contribution in [0.5, 0.6) is 5.75 Å². The molecule has 4 nitrogen and oxygen atoms in total. The quantitative estimate of drug-likeness (QED) is 0.612. The van der Waals surface area contributed by atoms with Gasteiger partial charge in [0.05, 0.1) is 12.5 Å². The molecule has 1 amide bonds. The molecule has 4 fully saturated rings. The second kappa shape index (κ2) is 8.29. The topological polar surface area (TPSA) is 47.6 Å². The van der Waals surface area contributed by atoms with Crippen LogP contribution in [0.3, 0.4) is 0 Å². The molecule has 1 aromatic carbocycles. The predicted molar refractivity (Wildman–Crippen MR) is 115 cm³/mol. The van der Waals surface area contributed by atoms with Crippen LogP contribution in [0.15, 0.2) is 24.3 Å². The lowest BCUT2D eigenvalue weighted by molar-refractivity contribution is -0.149. The summed E-state index contributed by atoms with van der Waals surface area (Å²) in [6.07, 6.45) is 7.87. The van der Waals surface area contributed by atoms with Gasteiger partial charge in [0.25, 0.3) is 0 Å². The zero-order valence-electron chi connectivity index (χ0n) is 18.3. The van der Waals surface area contributed by atoms with Gasteiger partial charge in [-0.15, -0.1) is 0 Å². The summed E-state index contributed by atoms with van der Waals surface area (Å²) in [4.78, 5) is 13.3. The van der Waals surface area contributed by atoms with E-state index < -0.39 is 0 Å². The van der Waals surface area contributed by atoms with Crippen molar-refractivity contribution in [2.24, 2.45) is 23.2 Å². The standard InChI is InChI=1S/C25H37NO3/c1-18(2)16-29-10-4-9-26-23(27)25-14-19-11-20(15-25)13-24(12-19,17-25)21-5-7-22(28-3)8-6-21/h5-8,18-20H,4,9-17H2,1-3H3,(H,26,27)/t19-,20-,24?,25?/m1/s1. The van der Waals surface area contributed by atoms with E-state index in [1.807, 2.05) is 0 Å². The maximum Gasteiger partial charge on any atom is 0.226 e. The maximum absolute atomic E-state index is 13.3. The highest BCUT2D eigenvalue weighted by atomic mass is 16.5. The van der Waals surface area contributed by atoms with E-state index in [2.05, 4.69) is 43.4 Å². The highest BCUT2D eigenvalue weighted by Crippen LogP contribution is 2.65. The van der Waals surface area contributed by atoms with Crippen LogP contribution >= 0.6 is 0 Å². The van der Waals surface area contributed by atoms with Gasteiger partial charge in [-0.3, -0.25) is 4.79 Å². The molecule has 4 aliphatic rings. The minimum atomic E-state index is -0.164. The van der Waals surface area contributed by atoms with E-state index in [0.717, 1.165) is 51.2 Å². The Labute approximate surface area is 175 Å². The van der Waals surface area contributed by atoms with Gasteiger partial charge in [0.2, 0.25) is 5.91 Å². The van der Waals surface area contributed by atoms with Crippen LogP contribution in [0.4, 0.5) is 0 Å². The van der Waals surface area contributed by atoms with E-state index in [-0.39, 0.29) is 10.8 Å². The van der Waals surface area contributed by atoms with Crippen molar-refractivity contribution in [1.82, 2.24) is 5.32 Å². The van der Waals surface area contributed by atoms with Crippen LogP contribution in [0.25, 0.3) is 0 Å². The summed E-state index contributed by atoms with van der Waals surface area (Å²) in [6.45, 7) is 6.57. The lowest BCUT2D eigenvalue weighted by Crippen LogP contribution is -2.59. The fourth-order valence-corrected chi connectivity index (χ4v) is 6.69. The number of rotatable bonds is 9. The summed E-state index contributed by atoms with van der Waals surface area (Å²) in [5.74, 6) is 3.15. The fraction of sp³-hybridized carbons (Fsp3) is 0.720. The number of hydrogen-bond acceptors (Lipinski definition) is 3. The molecule has 1 aromatic rings. The number of methoxy groups -OCH3 is 1. The Balaban J connectivity index is 1.42. The van der Waals surface area contributed by atoms with Crippen LogP contribution in [-0.4, -0.2) is 32.8 Å². The summed E-state index contributed by atoms with van der Waals surface area (Å²) in [7, 11) is 1.72. The number of amides is 1. The average Bonchev–Trinajstić information content (AvgIpc) is 2.69. The van der Waals surface area contributed by atoms with Gasteiger partial charge in [0.1, 0.15) is 5.75 Å². The molecule has 4 aliphatic carbocycles. The third-order valence-electron chi connectivity index (χ3n) is 7.45. The van der Waals surface area contributed by atoms with E-state index in [1.54, 1.807) is 7.11 Å². The second-order valence-corrected chi connectivity index (χ2v) is 10.3. The summed E-state index contributed by atoms with van der Waals surface area (Å²) in [5.41, 5.74) is 1.42. The van der Waals surface area contributed by atoms with E-state index in [4.69, 9.17) is 9.47 Å². The number of ether oxygens (including phenoxy) is 2.